The van der Waals surface area contributed by atoms with E-state index in [0.717, 1.165) is 12.3 Å². The molecule has 19 heavy (non-hydrogen) atoms. The molecule has 0 atom stereocenters. The van der Waals surface area contributed by atoms with Gasteiger partial charge in [-0.25, -0.2) is 0 Å². The van der Waals surface area contributed by atoms with Gasteiger partial charge in [0.1, 0.15) is 5.78 Å². The SMILES string of the molecule is CCCCCCCCCCCCN=C(C)CC(C)=O. The van der Waals surface area contributed by atoms with Gasteiger partial charge in [0.2, 0.25) is 0 Å². The maximum Gasteiger partial charge on any atom is 0.135 e. The minimum absolute atomic E-state index is 0.212. The number of carbonyl (C=O) groups excluding carboxylic acids is 1. The van der Waals surface area contributed by atoms with Gasteiger partial charge in [-0.2, -0.15) is 0 Å². The minimum atomic E-state index is 0.212. The van der Waals surface area contributed by atoms with Crippen LogP contribution >= 0.6 is 0 Å². The summed E-state index contributed by atoms with van der Waals surface area (Å²) in [6.07, 6.45) is 14.1. The molecule has 0 amide bonds. The molecule has 0 saturated heterocycles. The number of hydrogen-bond donors (Lipinski definition) is 0. The first-order valence-electron chi connectivity index (χ1n) is 8.16. The largest absolute Gasteiger partial charge is 0.300 e. The van der Waals surface area contributed by atoms with E-state index in [1.165, 1.54) is 64.2 Å². The van der Waals surface area contributed by atoms with Crippen LogP contribution in [0.5, 0.6) is 0 Å². The molecule has 0 unspecified atom stereocenters. The third kappa shape index (κ3) is 15.3. The average Bonchev–Trinajstić information content (AvgIpc) is 2.35. The normalized spacial score (nSPS) is 11.8. The summed E-state index contributed by atoms with van der Waals surface area (Å²) in [5.74, 6) is 0.212. The van der Waals surface area contributed by atoms with E-state index in [4.69, 9.17) is 0 Å². The molecule has 2 heteroatoms. The second-order valence-electron chi connectivity index (χ2n) is 5.68. The zero-order chi connectivity index (χ0) is 14.3. The number of carbonyl (C=O) groups is 1. The van der Waals surface area contributed by atoms with E-state index in [2.05, 4.69) is 11.9 Å². The Morgan fingerprint density at radius 3 is 1.74 bits per heavy atom. The molecule has 0 aromatic carbocycles. The molecule has 0 aliphatic carbocycles. The van der Waals surface area contributed by atoms with Crippen LogP contribution in [0.15, 0.2) is 4.99 Å². The van der Waals surface area contributed by atoms with Crippen molar-refractivity contribution in [1.82, 2.24) is 0 Å². The van der Waals surface area contributed by atoms with Crippen molar-refractivity contribution < 1.29 is 4.79 Å². The zero-order valence-corrected chi connectivity index (χ0v) is 13.3. The molecule has 0 aliphatic rings. The van der Waals surface area contributed by atoms with Gasteiger partial charge in [0.25, 0.3) is 0 Å². The Kier molecular flexibility index (Phi) is 13.3. The highest BCUT2D eigenvalue weighted by Gasteiger charge is 1.96. The summed E-state index contributed by atoms with van der Waals surface area (Å²) in [5, 5.41) is 0. The van der Waals surface area contributed by atoms with Gasteiger partial charge in [-0.1, -0.05) is 64.7 Å². The number of rotatable bonds is 13. The summed E-state index contributed by atoms with van der Waals surface area (Å²) in [7, 11) is 0. The van der Waals surface area contributed by atoms with Gasteiger partial charge in [0, 0.05) is 18.7 Å². The van der Waals surface area contributed by atoms with E-state index in [1.807, 2.05) is 6.92 Å². The van der Waals surface area contributed by atoms with Gasteiger partial charge in [-0.15, -0.1) is 0 Å². The van der Waals surface area contributed by atoms with E-state index in [0.29, 0.717) is 6.42 Å². The smallest absolute Gasteiger partial charge is 0.135 e. The average molecular weight is 267 g/mol. The predicted molar refractivity (Wildman–Crippen MR) is 85.1 cm³/mol. The molecule has 0 heterocycles. The van der Waals surface area contributed by atoms with Gasteiger partial charge >= 0.3 is 0 Å². The molecule has 0 spiro atoms. The Hall–Kier alpha value is -0.660. The molecule has 0 fully saturated rings. The fourth-order valence-electron chi connectivity index (χ4n) is 2.29. The molecule has 0 radical (unpaired) electrons. The summed E-state index contributed by atoms with van der Waals surface area (Å²) in [6, 6.07) is 0. The fraction of sp³-hybridized carbons (Fsp3) is 0.882. The van der Waals surface area contributed by atoms with Crippen molar-refractivity contribution in [2.75, 3.05) is 6.54 Å². The second kappa shape index (κ2) is 13.8. The summed E-state index contributed by atoms with van der Waals surface area (Å²) in [5.41, 5.74) is 0.989. The number of nitrogens with zero attached hydrogens (tertiary/aromatic N) is 1. The summed E-state index contributed by atoms with van der Waals surface area (Å²) < 4.78 is 0. The molecule has 0 aromatic heterocycles. The van der Waals surface area contributed by atoms with Crippen molar-refractivity contribution >= 4 is 11.5 Å². The molecule has 0 saturated carbocycles. The highest BCUT2D eigenvalue weighted by Crippen LogP contribution is 2.10. The van der Waals surface area contributed by atoms with Crippen molar-refractivity contribution in [2.24, 2.45) is 4.99 Å². The van der Waals surface area contributed by atoms with Crippen LogP contribution in [0.1, 0.15) is 91.4 Å². The van der Waals surface area contributed by atoms with Crippen molar-refractivity contribution in [3.05, 3.63) is 0 Å². The zero-order valence-electron chi connectivity index (χ0n) is 13.3. The van der Waals surface area contributed by atoms with E-state index in [-0.39, 0.29) is 5.78 Å². The molecule has 2 nitrogen and oxygen atoms in total. The first-order valence-corrected chi connectivity index (χ1v) is 8.16. The van der Waals surface area contributed by atoms with E-state index >= 15 is 0 Å². The molecule has 0 N–H and O–H groups in total. The van der Waals surface area contributed by atoms with Crippen LogP contribution in [0.2, 0.25) is 0 Å². The topological polar surface area (TPSA) is 29.4 Å². The van der Waals surface area contributed by atoms with E-state index < -0.39 is 0 Å². The second-order valence-corrected chi connectivity index (χ2v) is 5.68. The number of hydrogen-bond acceptors (Lipinski definition) is 2. The lowest BCUT2D eigenvalue weighted by Gasteiger charge is -2.02. The molecule has 0 aromatic rings. The quantitative estimate of drug-likeness (QED) is 0.327. The van der Waals surface area contributed by atoms with E-state index in [9.17, 15) is 4.79 Å². The minimum Gasteiger partial charge on any atom is -0.300 e. The summed E-state index contributed by atoms with van der Waals surface area (Å²) >= 11 is 0. The number of ketones is 1. The Balaban J connectivity index is 3.20. The molecule has 0 rings (SSSR count). The lowest BCUT2D eigenvalue weighted by molar-refractivity contribution is -0.115. The van der Waals surface area contributed by atoms with Crippen LogP contribution in [-0.2, 0) is 4.79 Å². The maximum absolute atomic E-state index is 10.9. The van der Waals surface area contributed by atoms with E-state index in [1.54, 1.807) is 6.92 Å². The number of aliphatic imine (C=N–C) groups is 1. The molecular formula is C17H33NO. The van der Waals surface area contributed by atoms with Crippen LogP contribution in [0.4, 0.5) is 0 Å². The van der Waals surface area contributed by atoms with Crippen molar-refractivity contribution in [3.63, 3.8) is 0 Å². The third-order valence-electron chi connectivity index (χ3n) is 3.40. The highest BCUT2D eigenvalue weighted by atomic mass is 16.1. The van der Waals surface area contributed by atoms with Crippen molar-refractivity contribution in [1.29, 1.82) is 0 Å². The molecular weight excluding hydrogens is 234 g/mol. The Morgan fingerprint density at radius 2 is 1.26 bits per heavy atom. The van der Waals surface area contributed by atoms with Gasteiger partial charge in [0.15, 0.2) is 0 Å². The number of Topliss-reactive ketones (excluding diaryl/α,β-unsaturated/α-hetero) is 1. The first-order chi connectivity index (χ1) is 9.16. The standard InChI is InChI=1S/C17H33NO/c1-4-5-6-7-8-9-10-11-12-13-14-18-16(2)15-17(3)19/h4-15H2,1-3H3. The van der Waals surface area contributed by atoms with Gasteiger partial charge in [-0.05, 0) is 20.3 Å². The fourth-order valence-corrected chi connectivity index (χ4v) is 2.29. The van der Waals surface area contributed by atoms with Crippen LogP contribution in [0.25, 0.3) is 0 Å². The Bertz CT molecular complexity index is 246. The van der Waals surface area contributed by atoms with Crippen LogP contribution in [0.3, 0.4) is 0 Å². The lowest BCUT2D eigenvalue weighted by atomic mass is 10.1. The maximum atomic E-state index is 10.9. The summed E-state index contributed by atoms with van der Waals surface area (Å²) in [4.78, 5) is 15.3. The van der Waals surface area contributed by atoms with Gasteiger partial charge in [0.05, 0.1) is 0 Å². The predicted octanol–water partition coefficient (Wildman–Crippen LogP) is 5.35. The Morgan fingerprint density at radius 1 is 0.789 bits per heavy atom. The lowest BCUT2D eigenvalue weighted by Crippen LogP contribution is -2.00. The summed E-state index contributed by atoms with van der Waals surface area (Å²) in [6.45, 7) is 6.74. The molecule has 112 valence electrons. The first kappa shape index (κ1) is 18.3. The van der Waals surface area contributed by atoms with Crippen molar-refractivity contribution in [3.8, 4) is 0 Å². The monoisotopic (exact) mass is 267 g/mol. The third-order valence-corrected chi connectivity index (χ3v) is 3.40. The molecule has 0 bridgehead atoms. The van der Waals surface area contributed by atoms with Gasteiger partial charge in [-0.3, -0.25) is 9.79 Å². The van der Waals surface area contributed by atoms with Crippen LogP contribution in [-0.4, -0.2) is 18.0 Å². The van der Waals surface area contributed by atoms with Gasteiger partial charge < -0.3 is 0 Å². The number of unbranched alkanes of at least 4 members (excludes halogenated alkanes) is 9. The molecule has 0 aliphatic heterocycles. The highest BCUT2D eigenvalue weighted by molar-refractivity contribution is 5.99. The van der Waals surface area contributed by atoms with Crippen molar-refractivity contribution in [2.45, 2.75) is 91.4 Å². The Labute approximate surface area is 120 Å². The van der Waals surface area contributed by atoms with Crippen LogP contribution < -0.4 is 0 Å². The van der Waals surface area contributed by atoms with Crippen LogP contribution in [0, 0.1) is 0 Å².